The standard InChI is InChI=1S/C22H28N6O6/c1-3-12-6-4-11(5-7-15(30)33-2)8-13(12)25-22-26-19(23)16-20(27-22)28(10-24-16)21-18(32)17(31)14(9-29)34-21/h4,6,8,10,14,17-18,21,29,31-32H,3,5,7,9H2,1-2H3,(H3,23,25,26,27)/t14-,17-,18-,21-/m1/s1. The highest BCUT2D eigenvalue weighted by atomic mass is 16.6. The van der Waals surface area contributed by atoms with Crippen molar-refractivity contribution in [3.8, 4) is 0 Å². The molecule has 1 fully saturated rings. The van der Waals surface area contributed by atoms with Crippen LogP contribution in [0.5, 0.6) is 0 Å². The number of aryl methyl sites for hydroxylation is 2. The Morgan fingerprint density at radius 3 is 2.76 bits per heavy atom. The van der Waals surface area contributed by atoms with E-state index in [1.165, 1.54) is 18.0 Å². The summed E-state index contributed by atoms with van der Waals surface area (Å²) in [4.78, 5) is 24.6. The van der Waals surface area contributed by atoms with Gasteiger partial charge in [-0.15, -0.1) is 0 Å². The molecule has 3 aromatic rings. The SMILES string of the molecule is CCc1ccc(CCC(=O)OC)cc1Nc1nc(N)c2ncn([C@@H]3O[C@H](CO)[C@@H](O)[C@H]3O)c2n1. The van der Waals surface area contributed by atoms with Gasteiger partial charge in [0.15, 0.2) is 17.7 Å². The average molecular weight is 473 g/mol. The fourth-order valence-corrected chi connectivity index (χ4v) is 3.96. The number of nitrogens with two attached hydrogens (primary N) is 1. The largest absolute Gasteiger partial charge is 0.469 e. The molecule has 0 spiro atoms. The molecule has 1 aromatic carbocycles. The number of ether oxygens (including phenoxy) is 2. The number of benzene rings is 1. The van der Waals surface area contributed by atoms with Crippen LogP contribution in [-0.4, -0.2) is 72.8 Å². The normalized spacial score (nSPS) is 22.3. The summed E-state index contributed by atoms with van der Waals surface area (Å²) in [6.07, 6.45) is -1.57. The predicted octanol–water partition coefficient (Wildman–Crippen LogP) is 0.432. The number of nitrogens with zero attached hydrogens (tertiary/aromatic N) is 4. The maximum absolute atomic E-state index is 11.5. The minimum absolute atomic E-state index is 0.123. The number of nitrogen functional groups attached to an aromatic ring is 1. The Bertz CT molecular complexity index is 1180. The second-order valence-corrected chi connectivity index (χ2v) is 8.03. The summed E-state index contributed by atoms with van der Waals surface area (Å²) in [6, 6.07) is 5.86. The minimum atomic E-state index is -1.29. The average Bonchev–Trinajstić information content (AvgIpc) is 3.38. The van der Waals surface area contributed by atoms with Gasteiger partial charge < -0.3 is 35.8 Å². The number of rotatable bonds is 8. The van der Waals surface area contributed by atoms with E-state index >= 15 is 0 Å². The second-order valence-electron chi connectivity index (χ2n) is 8.03. The van der Waals surface area contributed by atoms with E-state index in [1.54, 1.807) is 0 Å². The lowest BCUT2D eigenvalue weighted by molar-refractivity contribution is -0.140. The Hall–Kier alpha value is -3.32. The fraction of sp³-hybridized carbons (Fsp3) is 0.455. The minimum Gasteiger partial charge on any atom is -0.469 e. The molecule has 4 atom stereocenters. The fourth-order valence-electron chi connectivity index (χ4n) is 3.96. The first-order chi connectivity index (χ1) is 16.4. The number of aliphatic hydroxyl groups is 3. The quantitative estimate of drug-likeness (QED) is 0.287. The first-order valence-electron chi connectivity index (χ1n) is 10.9. The maximum Gasteiger partial charge on any atom is 0.305 e. The molecular formula is C22H28N6O6. The summed E-state index contributed by atoms with van der Waals surface area (Å²) >= 11 is 0. The first-order valence-corrected chi connectivity index (χ1v) is 10.9. The first kappa shape index (κ1) is 23.8. The molecule has 0 aliphatic carbocycles. The smallest absolute Gasteiger partial charge is 0.305 e. The Balaban J connectivity index is 1.66. The Morgan fingerprint density at radius 2 is 2.09 bits per heavy atom. The van der Waals surface area contributed by atoms with E-state index in [4.69, 9.17) is 15.2 Å². The number of aliphatic hydroxyl groups excluding tert-OH is 3. The molecule has 2 aromatic heterocycles. The molecule has 12 nitrogen and oxygen atoms in total. The van der Waals surface area contributed by atoms with Crippen molar-refractivity contribution in [1.82, 2.24) is 19.5 Å². The van der Waals surface area contributed by atoms with Crippen molar-refractivity contribution in [3.05, 3.63) is 35.7 Å². The predicted molar refractivity (Wildman–Crippen MR) is 122 cm³/mol. The molecule has 0 amide bonds. The van der Waals surface area contributed by atoms with Crippen LogP contribution in [0.25, 0.3) is 11.2 Å². The molecule has 1 aliphatic rings. The van der Waals surface area contributed by atoms with E-state index in [0.717, 1.165) is 23.2 Å². The van der Waals surface area contributed by atoms with E-state index in [-0.39, 0.29) is 24.2 Å². The highest BCUT2D eigenvalue weighted by molar-refractivity contribution is 5.83. The van der Waals surface area contributed by atoms with Crippen molar-refractivity contribution in [2.24, 2.45) is 0 Å². The Morgan fingerprint density at radius 1 is 1.29 bits per heavy atom. The van der Waals surface area contributed by atoms with Crippen LogP contribution in [0.1, 0.15) is 30.7 Å². The molecule has 0 saturated carbocycles. The van der Waals surface area contributed by atoms with E-state index < -0.39 is 31.1 Å². The number of hydrogen-bond acceptors (Lipinski definition) is 11. The van der Waals surface area contributed by atoms with Crippen molar-refractivity contribution in [1.29, 1.82) is 0 Å². The van der Waals surface area contributed by atoms with E-state index in [1.807, 2.05) is 25.1 Å². The molecule has 1 aliphatic heterocycles. The Labute approximate surface area is 195 Å². The van der Waals surface area contributed by atoms with Crippen LogP contribution in [0, 0.1) is 0 Å². The summed E-state index contributed by atoms with van der Waals surface area (Å²) in [5, 5.41) is 33.1. The van der Waals surface area contributed by atoms with Gasteiger partial charge in [-0.05, 0) is 30.0 Å². The molecule has 0 bridgehead atoms. The van der Waals surface area contributed by atoms with Gasteiger partial charge in [-0.2, -0.15) is 9.97 Å². The molecule has 12 heteroatoms. The zero-order valence-corrected chi connectivity index (χ0v) is 18.9. The van der Waals surface area contributed by atoms with Crippen LogP contribution in [-0.2, 0) is 27.1 Å². The molecule has 0 radical (unpaired) electrons. The summed E-state index contributed by atoms with van der Waals surface area (Å²) in [5.41, 5.74) is 9.45. The number of methoxy groups -OCH3 is 1. The van der Waals surface area contributed by atoms with E-state index in [0.29, 0.717) is 17.6 Å². The number of nitrogens with one attached hydrogen (secondary N) is 1. The zero-order chi connectivity index (χ0) is 24.4. The molecule has 3 heterocycles. The third-order valence-electron chi connectivity index (χ3n) is 5.89. The number of anilines is 3. The molecule has 0 unspecified atom stereocenters. The summed E-state index contributed by atoms with van der Waals surface area (Å²) in [7, 11) is 1.36. The number of aromatic nitrogens is 4. The molecule has 1 saturated heterocycles. The maximum atomic E-state index is 11.5. The number of fused-ring (bicyclic) bond motifs is 1. The number of carbonyl (C=O) groups excluding carboxylic acids is 1. The molecule has 34 heavy (non-hydrogen) atoms. The van der Waals surface area contributed by atoms with Gasteiger partial charge in [0.1, 0.15) is 23.8 Å². The van der Waals surface area contributed by atoms with Crippen LogP contribution in [0.15, 0.2) is 24.5 Å². The van der Waals surface area contributed by atoms with E-state index in [2.05, 4.69) is 20.3 Å². The zero-order valence-electron chi connectivity index (χ0n) is 18.9. The van der Waals surface area contributed by atoms with Crippen LogP contribution in [0.3, 0.4) is 0 Å². The molecule has 182 valence electrons. The molecule has 6 N–H and O–H groups in total. The molecular weight excluding hydrogens is 444 g/mol. The van der Waals surface area contributed by atoms with Gasteiger partial charge in [0.2, 0.25) is 5.95 Å². The van der Waals surface area contributed by atoms with Crippen LogP contribution < -0.4 is 11.1 Å². The highest BCUT2D eigenvalue weighted by Crippen LogP contribution is 2.33. The van der Waals surface area contributed by atoms with Gasteiger partial charge in [0, 0.05) is 12.1 Å². The van der Waals surface area contributed by atoms with Crippen molar-refractivity contribution >= 4 is 34.6 Å². The highest BCUT2D eigenvalue weighted by Gasteiger charge is 2.44. The van der Waals surface area contributed by atoms with Crippen molar-refractivity contribution < 1.29 is 29.6 Å². The second kappa shape index (κ2) is 9.89. The van der Waals surface area contributed by atoms with Gasteiger partial charge in [-0.3, -0.25) is 9.36 Å². The lowest BCUT2D eigenvalue weighted by Crippen LogP contribution is -2.33. The van der Waals surface area contributed by atoms with Crippen molar-refractivity contribution in [3.63, 3.8) is 0 Å². The summed E-state index contributed by atoms with van der Waals surface area (Å²) in [6.45, 7) is 1.57. The third kappa shape index (κ3) is 4.53. The third-order valence-corrected chi connectivity index (χ3v) is 5.89. The van der Waals surface area contributed by atoms with Gasteiger partial charge in [-0.25, -0.2) is 4.98 Å². The number of imidazole rings is 1. The van der Waals surface area contributed by atoms with Gasteiger partial charge in [0.25, 0.3) is 0 Å². The van der Waals surface area contributed by atoms with Crippen LogP contribution >= 0.6 is 0 Å². The summed E-state index contributed by atoms with van der Waals surface area (Å²) in [5.74, 6) is 0.0463. The monoisotopic (exact) mass is 472 g/mol. The Kier molecular flexibility index (Phi) is 6.93. The van der Waals surface area contributed by atoms with Gasteiger partial charge in [-0.1, -0.05) is 19.1 Å². The number of esters is 1. The van der Waals surface area contributed by atoms with Gasteiger partial charge >= 0.3 is 5.97 Å². The van der Waals surface area contributed by atoms with Crippen molar-refractivity contribution in [2.75, 3.05) is 24.8 Å². The lowest BCUT2D eigenvalue weighted by Gasteiger charge is -2.17. The van der Waals surface area contributed by atoms with E-state index in [9.17, 15) is 20.1 Å². The van der Waals surface area contributed by atoms with Crippen molar-refractivity contribution in [2.45, 2.75) is 50.7 Å². The van der Waals surface area contributed by atoms with Gasteiger partial charge in [0.05, 0.1) is 20.0 Å². The number of hydrogen-bond donors (Lipinski definition) is 5. The van der Waals surface area contributed by atoms with Crippen LogP contribution in [0.2, 0.25) is 0 Å². The topological polar surface area (TPSA) is 178 Å². The summed E-state index contributed by atoms with van der Waals surface area (Å²) < 4.78 is 11.8. The van der Waals surface area contributed by atoms with Crippen LogP contribution in [0.4, 0.5) is 17.5 Å². The number of carbonyl (C=O) groups is 1. The lowest BCUT2D eigenvalue weighted by atomic mass is 10.0. The molecule has 4 rings (SSSR count).